The highest BCUT2D eigenvalue weighted by Crippen LogP contribution is 2.34. The lowest BCUT2D eigenvalue weighted by atomic mass is 10.1. The summed E-state index contributed by atoms with van der Waals surface area (Å²) >= 11 is 0. The topological polar surface area (TPSA) is 18.5 Å². The van der Waals surface area contributed by atoms with Gasteiger partial charge in [-0.25, -0.2) is 8.78 Å². The van der Waals surface area contributed by atoms with Crippen LogP contribution in [0.1, 0.15) is 12.5 Å². The second kappa shape index (κ2) is 6.63. The average molecular weight is 350 g/mol. The van der Waals surface area contributed by atoms with Crippen LogP contribution in [-0.2, 0) is 6.11 Å². The van der Waals surface area contributed by atoms with Crippen LogP contribution in [0.25, 0.3) is 10.8 Å². The lowest BCUT2D eigenvalue weighted by molar-refractivity contribution is -0.185. The van der Waals surface area contributed by atoms with Gasteiger partial charge in [-0.15, -0.1) is 0 Å². The van der Waals surface area contributed by atoms with E-state index in [4.69, 9.17) is 9.47 Å². The number of fused-ring (bicyclic) bond motifs is 1. The van der Waals surface area contributed by atoms with Gasteiger partial charge in [0.1, 0.15) is 11.5 Å². The molecule has 0 N–H and O–H groups in total. The minimum Gasteiger partial charge on any atom is -0.494 e. The number of rotatable bonds is 5. The summed E-state index contributed by atoms with van der Waals surface area (Å²) in [7, 11) is 0. The first-order chi connectivity index (χ1) is 11.9. The Morgan fingerprint density at radius 2 is 1.56 bits per heavy atom. The molecular formula is C19H14F4O2. The van der Waals surface area contributed by atoms with Crippen molar-refractivity contribution in [3.05, 3.63) is 71.8 Å². The highest BCUT2D eigenvalue weighted by Gasteiger charge is 2.34. The summed E-state index contributed by atoms with van der Waals surface area (Å²) in [4.78, 5) is 0. The van der Waals surface area contributed by atoms with Crippen molar-refractivity contribution in [3.8, 4) is 11.5 Å². The minimum absolute atomic E-state index is 0.00302. The summed E-state index contributed by atoms with van der Waals surface area (Å²) in [5.41, 5.74) is -0.346. The van der Waals surface area contributed by atoms with Crippen LogP contribution >= 0.6 is 0 Å². The van der Waals surface area contributed by atoms with Gasteiger partial charge in [0.25, 0.3) is 0 Å². The smallest absolute Gasteiger partial charge is 0.426 e. The number of benzene rings is 3. The Hall–Kier alpha value is -2.76. The number of hydrogen-bond acceptors (Lipinski definition) is 2. The van der Waals surface area contributed by atoms with Gasteiger partial charge >= 0.3 is 6.11 Å². The van der Waals surface area contributed by atoms with Gasteiger partial charge in [-0.2, -0.15) is 8.78 Å². The van der Waals surface area contributed by atoms with E-state index in [1.54, 1.807) is 6.92 Å². The van der Waals surface area contributed by atoms with E-state index in [0.29, 0.717) is 12.4 Å². The van der Waals surface area contributed by atoms with Crippen molar-refractivity contribution < 1.29 is 27.0 Å². The van der Waals surface area contributed by atoms with Crippen molar-refractivity contribution in [3.63, 3.8) is 0 Å². The molecule has 0 aliphatic rings. The quantitative estimate of drug-likeness (QED) is 0.554. The molecule has 0 aliphatic heterocycles. The third kappa shape index (κ3) is 3.52. The Labute approximate surface area is 141 Å². The zero-order valence-electron chi connectivity index (χ0n) is 13.2. The normalized spacial score (nSPS) is 11.6. The van der Waals surface area contributed by atoms with Crippen LogP contribution in [0.15, 0.2) is 54.6 Å². The first-order valence-corrected chi connectivity index (χ1v) is 7.58. The molecule has 6 heteroatoms. The van der Waals surface area contributed by atoms with E-state index in [1.165, 1.54) is 48.5 Å². The van der Waals surface area contributed by atoms with E-state index < -0.39 is 17.7 Å². The lowest BCUT2D eigenvalue weighted by Gasteiger charge is -2.19. The summed E-state index contributed by atoms with van der Waals surface area (Å²) in [6.07, 6.45) is -3.59. The maximum atomic E-state index is 14.3. The molecule has 0 aromatic heterocycles. The highest BCUT2D eigenvalue weighted by atomic mass is 19.3. The van der Waals surface area contributed by atoms with Crippen LogP contribution in [0.5, 0.6) is 11.5 Å². The SMILES string of the molecule is CCOc1ccc(C(F)(F)Oc2ccc3c(F)c(F)ccc3c2)cc1. The van der Waals surface area contributed by atoms with Crippen LogP contribution < -0.4 is 9.47 Å². The zero-order chi connectivity index (χ0) is 18.0. The zero-order valence-corrected chi connectivity index (χ0v) is 13.2. The van der Waals surface area contributed by atoms with Gasteiger partial charge in [0, 0.05) is 5.39 Å². The molecule has 3 aromatic carbocycles. The maximum absolute atomic E-state index is 14.3. The Bertz CT molecular complexity index is 892. The molecular weight excluding hydrogens is 336 g/mol. The molecule has 0 unspecified atom stereocenters. The molecule has 0 saturated heterocycles. The minimum atomic E-state index is -3.59. The fourth-order valence-electron chi connectivity index (χ4n) is 2.43. The predicted octanol–water partition coefficient (Wildman–Crippen LogP) is 5.65. The van der Waals surface area contributed by atoms with Gasteiger partial charge in [0.05, 0.1) is 12.2 Å². The Morgan fingerprint density at radius 1 is 0.880 bits per heavy atom. The number of halogens is 4. The van der Waals surface area contributed by atoms with Crippen LogP contribution in [0.2, 0.25) is 0 Å². The Kier molecular flexibility index (Phi) is 4.53. The monoisotopic (exact) mass is 350 g/mol. The van der Waals surface area contributed by atoms with E-state index >= 15 is 0 Å². The molecule has 3 aromatic rings. The fraction of sp³-hybridized carbons (Fsp3) is 0.158. The molecule has 2 nitrogen and oxygen atoms in total. The third-order valence-electron chi connectivity index (χ3n) is 3.63. The molecule has 0 aliphatic carbocycles. The maximum Gasteiger partial charge on any atom is 0.426 e. The summed E-state index contributed by atoms with van der Waals surface area (Å²) in [6.45, 7) is 2.22. The second-order valence-electron chi connectivity index (χ2n) is 5.32. The molecule has 25 heavy (non-hydrogen) atoms. The summed E-state index contributed by atoms with van der Waals surface area (Å²) in [6, 6.07) is 11.1. The van der Waals surface area contributed by atoms with Crippen LogP contribution in [0, 0.1) is 11.6 Å². The van der Waals surface area contributed by atoms with Gasteiger partial charge < -0.3 is 9.47 Å². The van der Waals surface area contributed by atoms with E-state index in [-0.39, 0.29) is 22.1 Å². The second-order valence-corrected chi connectivity index (χ2v) is 5.32. The van der Waals surface area contributed by atoms with E-state index in [0.717, 1.165) is 6.07 Å². The van der Waals surface area contributed by atoms with Crippen molar-refractivity contribution in [2.75, 3.05) is 6.61 Å². The van der Waals surface area contributed by atoms with Crippen molar-refractivity contribution in [1.29, 1.82) is 0 Å². The first kappa shape index (κ1) is 17.1. The molecule has 0 bridgehead atoms. The van der Waals surface area contributed by atoms with Crippen molar-refractivity contribution in [1.82, 2.24) is 0 Å². The Morgan fingerprint density at radius 3 is 2.24 bits per heavy atom. The molecule has 0 heterocycles. The number of hydrogen-bond donors (Lipinski definition) is 0. The van der Waals surface area contributed by atoms with Gasteiger partial charge in [-0.1, -0.05) is 6.07 Å². The number of alkyl halides is 2. The van der Waals surface area contributed by atoms with Crippen LogP contribution in [0.4, 0.5) is 17.6 Å². The summed E-state index contributed by atoms with van der Waals surface area (Å²) in [5.74, 6) is -1.70. The molecule has 130 valence electrons. The van der Waals surface area contributed by atoms with Gasteiger partial charge in [0.2, 0.25) is 0 Å². The number of ether oxygens (including phenoxy) is 2. The van der Waals surface area contributed by atoms with E-state index in [9.17, 15) is 17.6 Å². The van der Waals surface area contributed by atoms with Crippen molar-refractivity contribution in [2.45, 2.75) is 13.0 Å². The third-order valence-corrected chi connectivity index (χ3v) is 3.63. The van der Waals surface area contributed by atoms with Crippen molar-refractivity contribution >= 4 is 10.8 Å². The fourth-order valence-corrected chi connectivity index (χ4v) is 2.43. The lowest BCUT2D eigenvalue weighted by Crippen LogP contribution is -2.21. The first-order valence-electron chi connectivity index (χ1n) is 7.58. The largest absolute Gasteiger partial charge is 0.494 e. The van der Waals surface area contributed by atoms with E-state index in [2.05, 4.69) is 0 Å². The predicted molar refractivity (Wildman–Crippen MR) is 86.0 cm³/mol. The molecule has 0 saturated carbocycles. The molecule has 0 fully saturated rings. The summed E-state index contributed by atoms with van der Waals surface area (Å²) < 4.78 is 65.4. The van der Waals surface area contributed by atoms with Gasteiger partial charge in [-0.05, 0) is 60.8 Å². The van der Waals surface area contributed by atoms with Crippen molar-refractivity contribution in [2.24, 2.45) is 0 Å². The average Bonchev–Trinajstić information content (AvgIpc) is 2.59. The molecule has 0 atom stereocenters. The van der Waals surface area contributed by atoms with Gasteiger partial charge in [0.15, 0.2) is 11.6 Å². The Balaban J connectivity index is 1.87. The molecule has 3 rings (SSSR count). The molecule has 0 radical (unpaired) electrons. The van der Waals surface area contributed by atoms with E-state index in [1.807, 2.05) is 0 Å². The standard InChI is InChI=1S/C19H14F4O2/c1-2-24-14-6-4-13(5-7-14)19(22,23)25-15-8-9-16-12(11-15)3-10-17(20)18(16)21/h3-11H,2H2,1H3. The highest BCUT2D eigenvalue weighted by molar-refractivity contribution is 5.84. The van der Waals surface area contributed by atoms with Crippen LogP contribution in [-0.4, -0.2) is 6.61 Å². The molecule has 0 amide bonds. The molecule has 0 spiro atoms. The summed E-state index contributed by atoms with van der Waals surface area (Å²) in [5, 5.41) is 0.260. The van der Waals surface area contributed by atoms with Crippen LogP contribution in [0.3, 0.4) is 0 Å². The van der Waals surface area contributed by atoms with Gasteiger partial charge in [-0.3, -0.25) is 0 Å².